The second-order valence-electron chi connectivity index (χ2n) is 2.73. The lowest BCUT2D eigenvalue weighted by Gasteiger charge is -2.06. The number of carbonyl (C=O) groups excluding carboxylic acids is 1. The first-order valence-electron chi connectivity index (χ1n) is 4.21. The van der Waals surface area contributed by atoms with Crippen LogP contribution in [-0.4, -0.2) is 17.1 Å². The minimum atomic E-state index is -4.92. The summed E-state index contributed by atoms with van der Waals surface area (Å²) in [5.41, 5.74) is 0.294. The summed E-state index contributed by atoms with van der Waals surface area (Å²) >= 11 is 0. The lowest BCUT2D eigenvalue weighted by molar-refractivity contribution is -0.167. The van der Waals surface area contributed by atoms with Crippen molar-refractivity contribution in [3.8, 4) is 11.8 Å². The minimum Gasteiger partial charge on any atom is -0.303 e. The molecule has 84 valence electrons. The van der Waals surface area contributed by atoms with Crippen molar-refractivity contribution >= 4 is 11.7 Å². The molecule has 1 amide bonds. The number of hydrogen-bond acceptors (Lipinski definition) is 2. The lowest BCUT2D eigenvalue weighted by Crippen LogP contribution is -2.30. The van der Waals surface area contributed by atoms with E-state index in [0.717, 1.165) is 0 Å². The Hall–Kier alpha value is -2.03. The molecule has 0 saturated carbocycles. The van der Waals surface area contributed by atoms with E-state index in [-0.39, 0.29) is 5.82 Å². The first kappa shape index (κ1) is 12.0. The van der Waals surface area contributed by atoms with E-state index in [9.17, 15) is 18.0 Å². The molecule has 6 heteroatoms. The van der Waals surface area contributed by atoms with Crippen molar-refractivity contribution in [1.82, 2.24) is 4.98 Å². The second-order valence-corrected chi connectivity index (χ2v) is 2.73. The number of alkyl halides is 3. The fourth-order valence-corrected chi connectivity index (χ4v) is 0.889. The molecule has 1 aromatic heterocycles. The SMILES string of the molecule is CC#Cc1cccc(NC(=O)C(F)(F)F)n1. The van der Waals surface area contributed by atoms with Gasteiger partial charge in [-0.3, -0.25) is 4.79 Å². The zero-order valence-corrected chi connectivity index (χ0v) is 8.22. The fraction of sp³-hybridized carbons (Fsp3) is 0.200. The highest BCUT2D eigenvalue weighted by Gasteiger charge is 2.38. The molecule has 3 nitrogen and oxygen atoms in total. The molecule has 1 heterocycles. The number of nitrogens with one attached hydrogen (secondary N) is 1. The number of halogens is 3. The first-order valence-corrected chi connectivity index (χ1v) is 4.21. The first-order chi connectivity index (χ1) is 7.43. The van der Waals surface area contributed by atoms with Crippen LogP contribution in [-0.2, 0) is 4.79 Å². The van der Waals surface area contributed by atoms with Gasteiger partial charge in [-0.15, -0.1) is 0 Å². The van der Waals surface area contributed by atoms with E-state index in [1.54, 1.807) is 12.2 Å². The molecule has 0 unspecified atom stereocenters. The zero-order valence-electron chi connectivity index (χ0n) is 8.22. The van der Waals surface area contributed by atoms with E-state index in [1.165, 1.54) is 18.2 Å². The Bertz CT molecular complexity index is 457. The maximum atomic E-state index is 11.9. The number of amides is 1. The third-order valence-corrected chi connectivity index (χ3v) is 1.50. The molecule has 0 aromatic carbocycles. The number of pyridine rings is 1. The Morgan fingerprint density at radius 2 is 2.12 bits per heavy atom. The summed E-state index contributed by atoms with van der Waals surface area (Å²) in [6.45, 7) is 1.57. The van der Waals surface area contributed by atoms with Crippen LogP contribution in [0.5, 0.6) is 0 Å². The number of anilines is 1. The second kappa shape index (κ2) is 4.66. The van der Waals surface area contributed by atoms with Crippen LogP contribution in [0.2, 0.25) is 0 Å². The van der Waals surface area contributed by atoms with E-state index < -0.39 is 12.1 Å². The molecule has 0 aliphatic carbocycles. The maximum absolute atomic E-state index is 11.9. The Labute approximate surface area is 89.7 Å². The monoisotopic (exact) mass is 228 g/mol. The van der Waals surface area contributed by atoms with Gasteiger partial charge in [-0.1, -0.05) is 12.0 Å². The van der Waals surface area contributed by atoms with Crippen molar-refractivity contribution in [1.29, 1.82) is 0 Å². The van der Waals surface area contributed by atoms with E-state index in [1.807, 2.05) is 0 Å². The van der Waals surface area contributed by atoms with Crippen LogP contribution >= 0.6 is 0 Å². The Morgan fingerprint density at radius 3 is 2.69 bits per heavy atom. The molecule has 16 heavy (non-hydrogen) atoms. The zero-order chi connectivity index (χ0) is 12.2. The number of nitrogens with zero attached hydrogens (tertiary/aromatic N) is 1. The third-order valence-electron chi connectivity index (χ3n) is 1.50. The number of hydrogen-bond donors (Lipinski definition) is 1. The van der Waals surface area contributed by atoms with Gasteiger partial charge in [0.1, 0.15) is 11.5 Å². The molecule has 0 aliphatic rings. The lowest BCUT2D eigenvalue weighted by atomic mass is 10.3. The number of carbonyl (C=O) groups is 1. The van der Waals surface area contributed by atoms with E-state index in [2.05, 4.69) is 16.8 Å². The summed E-state index contributed by atoms with van der Waals surface area (Å²) in [5.74, 6) is 2.88. The largest absolute Gasteiger partial charge is 0.471 e. The van der Waals surface area contributed by atoms with Crippen LogP contribution in [0.3, 0.4) is 0 Å². The molecule has 0 saturated heterocycles. The Morgan fingerprint density at radius 1 is 1.44 bits per heavy atom. The van der Waals surface area contributed by atoms with Gasteiger partial charge in [-0.05, 0) is 25.0 Å². The van der Waals surface area contributed by atoms with Crippen molar-refractivity contribution in [2.75, 3.05) is 5.32 Å². The molecular formula is C10H7F3N2O. The van der Waals surface area contributed by atoms with Gasteiger partial charge < -0.3 is 5.32 Å². The highest BCUT2D eigenvalue weighted by Crippen LogP contribution is 2.17. The maximum Gasteiger partial charge on any atom is 0.471 e. The van der Waals surface area contributed by atoms with Crippen LogP contribution in [0.15, 0.2) is 18.2 Å². The van der Waals surface area contributed by atoms with Crippen molar-refractivity contribution in [2.24, 2.45) is 0 Å². The van der Waals surface area contributed by atoms with Crippen LogP contribution in [0, 0.1) is 11.8 Å². The molecule has 0 fully saturated rings. The van der Waals surface area contributed by atoms with Gasteiger partial charge in [-0.2, -0.15) is 13.2 Å². The quantitative estimate of drug-likeness (QED) is 0.746. The summed E-state index contributed by atoms with van der Waals surface area (Å²) in [4.78, 5) is 14.3. The van der Waals surface area contributed by atoms with Crippen molar-refractivity contribution < 1.29 is 18.0 Å². The average molecular weight is 228 g/mol. The van der Waals surface area contributed by atoms with Gasteiger partial charge in [0.2, 0.25) is 0 Å². The number of rotatable bonds is 1. The topological polar surface area (TPSA) is 42.0 Å². The fourth-order valence-electron chi connectivity index (χ4n) is 0.889. The average Bonchev–Trinajstić information content (AvgIpc) is 2.17. The summed E-state index contributed by atoms with van der Waals surface area (Å²) in [6, 6.07) is 4.24. The predicted molar refractivity (Wildman–Crippen MR) is 51.5 cm³/mol. The summed E-state index contributed by atoms with van der Waals surface area (Å²) in [5, 5.41) is 1.64. The molecule has 0 radical (unpaired) electrons. The molecule has 0 aliphatic heterocycles. The van der Waals surface area contributed by atoms with E-state index >= 15 is 0 Å². The van der Waals surface area contributed by atoms with Crippen LogP contribution < -0.4 is 5.32 Å². The molecule has 1 rings (SSSR count). The van der Waals surface area contributed by atoms with Gasteiger partial charge in [0, 0.05) is 0 Å². The minimum absolute atomic E-state index is 0.178. The van der Waals surface area contributed by atoms with E-state index in [0.29, 0.717) is 5.69 Å². The van der Waals surface area contributed by atoms with Gasteiger partial charge in [0.15, 0.2) is 0 Å². The van der Waals surface area contributed by atoms with Gasteiger partial charge in [0.05, 0.1) is 0 Å². The van der Waals surface area contributed by atoms with Gasteiger partial charge in [0.25, 0.3) is 0 Å². The summed E-state index contributed by atoms with van der Waals surface area (Å²) in [7, 11) is 0. The molecule has 0 atom stereocenters. The van der Waals surface area contributed by atoms with Gasteiger partial charge >= 0.3 is 12.1 Å². The predicted octanol–water partition coefficient (Wildman–Crippen LogP) is 1.95. The van der Waals surface area contributed by atoms with Crippen molar-refractivity contribution in [3.63, 3.8) is 0 Å². The van der Waals surface area contributed by atoms with Gasteiger partial charge in [-0.25, -0.2) is 4.98 Å². The Kier molecular flexibility index (Phi) is 3.51. The smallest absolute Gasteiger partial charge is 0.303 e. The molecule has 1 aromatic rings. The summed E-state index contributed by atoms with van der Waals surface area (Å²) < 4.78 is 35.7. The molecule has 1 N–H and O–H groups in total. The van der Waals surface area contributed by atoms with Crippen LogP contribution in [0.1, 0.15) is 12.6 Å². The standard InChI is InChI=1S/C10H7F3N2O/c1-2-4-7-5-3-6-8(14-7)15-9(16)10(11,12)13/h3,5-6H,1H3,(H,14,15,16). The van der Waals surface area contributed by atoms with Crippen molar-refractivity contribution in [2.45, 2.75) is 13.1 Å². The Balaban J connectivity index is 2.85. The highest BCUT2D eigenvalue weighted by atomic mass is 19.4. The molecular weight excluding hydrogens is 221 g/mol. The molecule has 0 bridgehead atoms. The highest BCUT2D eigenvalue weighted by molar-refractivity contribution is 5.94. The van der Waals surface area contributed by atoms with E-state index in [4.69, 9.17) is 0 Å². The summed E-state index contributed by atoms with van der Waals surface area (Å²) in [6.07, 6.45) is -4.92. The van der Waals surface area contributed by atoms with Crippen LogP contribution in [0.25, 0.3) is 0 Å². The van der Waals surface area contributed by atoms with Crippen molar-refractivity contribution in [3.05, 3.63) is 23.9 Å². The third kappa shape index (κ3) is 3.28. The molecule has 0 spiro atoms. The number of aromatic nitrogens is 1. The normalized spacial score (nSPS) is 10.2. The van der Waals surface area contributed by atoms with Crippen LogP contribution in [0.4, 0.5) is 19.0 Å².